The summed E-state index contributed by atoms with van der Waals surface area (Å²) in [4.78, 5) is 14.1. The van der Waals surface area contributed by atoms with E-state index in [1.165, 1.54) is 0 Å². The minimum atomic E-state index is -0.520. The fourth-order valence-corrected chi connectivity index (χ4v) is 2.46. The molecule has 1 aliphatic heterocycles. The monoisotopic (exact) mass is 312 g/mol. The van der Waals surface area contributed by atoms with Gasteiger partial charge in [0.05, 0.1) is 19.2 Å². The highest BCUT2D eigenvalue weighted by Gasteiger charge is 2.28. The van der Waals surface area contributed by atoms with E-state index in [2.05, 4.69) is 0 Å². The van der Waals surface area contributed by atoms with Gasteiger partial charge in [-0.3, -0.25) is 4.79 Å². The van der Waals surface area contributed by atoms with Crippen LogP contribution in [-0.4, -0.2) is 50.3 Å². The number of hydrogen-bond acceptors (Lipinski definition) is 4. The molecule has 1 aliphatic rings. The zero-order valence-electron chi connectivity index (χ0n) is 12.1. The number of morpholine rings is 1. The van der Waals surface area contributed by atoms with Gasteiger partial charge in [0.1, 0.15) is 6.10 Å². The number of rotatable bonds is 5. The minimum Gasteiger partial charge on any atom is -0.385 e. The molecule has 1 aromatic carbocycles. The fourth-order valence-electron chi connectivity index (χ4n) is 2.33. The summed E-state index contributed by atoms with van der Waals surface area (Å²) < 4.78 is 10.7. The van der Waals surface area contributed by atoms with Crippen molar-refractivity contribution in [2.24, 2.45) is 5.73 Å². The number of amides is 1. The van der Waals surface area contributed by atoms with Gasteiger partial charge in [0.25, 0.3) is 0 Å². The van der Waals surface area contributed by atoms with Gasteiger partial charge in [0, 0.05) is 25.3 Å². The van der Waals surface area contributed by atoms with Crippen molar-refractivity contribution < 1.29 is 14.3 Å². The lowest BCUT2D eigenvalue weighted by Crippen LogP contribution is -2.49. The molecule has 2 rings (SSSR count). The molecule has 2 atom stereocenters. The largest absolute Gasteiger partial charge is 0.385 e. The molecule has 2 unspecified atom stereocenters. The normalized spacial score (nSPS) is 20.3. The molecular weight excluding hydrogens is 292 g/mol. The van der Waals surface area contributed by atoms with Crippen LogP contribution in [0.5, 0.6) is 0 Å². The number of halogens is 1. The van der Waals surface area contributed by atoms with E-state index in [1.54, 1.807) is 12.0 Å². The van der Waals surface area contributed by atoms with Crippen molar-refractivity contribution in [3.8, 4) is 0 Å². The maximum Gasteiger partial charge on any atom is 0.239 e. The maximum absolute atomic E-state index is 12.3. The molecule has 116 valence electrons. The summed E-state index contributed by atoms with van der Waals surface area (Å²) in [5.41, 5.74) is 6.92. The Morgan fingerprint density at radius 3 is 2.90 bits per heavy atom. The average molecular weight is 313 g/mol. The van der Waals surface area contributed by atoms with Crippen LogP contribution in [0.1, 0.15) is 18.1 Å². The van der Waals surface area contributed by atoms with E-state index in [-0.39, 0.29) is 12.0 Å². The standard InChI is InChI=1S/C15H21ClN2O3/c1-20-8-6-13(17)15(19)18-7-9-21-14(10-18)11-2-4-12(16)5-3-11/h2-5,13-14H,6-10,17H2,1H3. The lowest BCUT2D eigenvalue weighted by atomic mass is 10.1. The molecule has 6 heteroatoms. The molecule has 0 saturated carbocycles. The number of nitrogens with two attached hydrogens (primary N) is 1. The highest BCUT2D eigenvalue weighted by atomic mass is 35.5. The zero-order valence-corrected chi connectivity index (χ0v) is 12.9. The van der Waals surface area contributed by atoms with E-state index in [0.29, 0.717) is 37.7 Å². The maximum atomic E-state index is 12.3. The molecular formula is C15H21ClN2O3. The van der Waals surface area contributed by atoms with E-state index in [4.69, 9.17) is 26.8 Å². The summed E-state index contributed by atoms with van der Waals surface area (Å²) in [5.74, 6) is -0.0469. The highest BCUT2D eigenvalue weighted by molar-refractivity contribution is 6.30. The topological polar surface area (TPSA) is 64.8 Å². The van der Waals surface area contributed by atoms with Crippen LogP contribution in [-0.2, 0) is 14.3 Å². The molecule has 5 nitrogen and oxygen atoms in total. The number of carbonyl (C=O) groups is 1. The number of nitrogens with zero attached hydrogens (tertiary/aromatic N) is 1. The molecule has 0 radical (unpaired) electrons. The highest BCUT2D eigenvalue weighted by Crippen LogP contribution is 2.24. The van der Waals surface area contributed by atoms with Crippen LogP contribution >= 0.6 is 11.6 Å². The predicted octanol–water partition coefficient (Wildman–Crippen LogP) is 1.60. The smallest absolute Gasteiger partial charge is 0.239 e. The minimum absolute atomic E-state index is 0.0469. The van der Waals surface area contributed by atoms with Gasteiger partial charge in [-0.15, -0.1) is 0 Å². The molecule has 1 aromatic rings. The predicted molar refractivity (Wildman–Crippen MR) is 81.2 cm³/mol. The van der Waals surface area contributed by atoms with Crippen LogP contribution in [0.3, 0.4) is 0 Å². The molecule has 0 bridgehead atoms. The van der Waals surface area contributed by atoms with Crippen LogP contribution in [0.2, 0.25) is 5.02 Å². The third-order valence-electron chi connectivity index (χ3n) is 3.57. The van der Waals surface area contributed by atoms with Crippen LogP contribution in [0.15, 0.2) is 24.3 Å². The van der Waals surface area contributed by atoms with E-state index in [0.717, 1.165) is 5.56 Å². The average Bonchev–Trinajstić information content (AvgIpc) is 2.52. The van der Waals surface area contributed by atoms with Gasteiger partial charge < -0.3 is 20.1 Å². The van der Waals surface area contributed by atoms with Crippen LogP contribution < -0.4 is 5.73 Å². The third-order valence-corrected chi connectivity index (χ3v) is 3.82. The number of carbonyl (C=O) groups excluding carboxylic acids is 1. The lowest BCUT2D eigenvalue weighted by Gasteiger charge is -2.34. The summed E-state index contributed by atoms with van der Waals surface area (Å²) in [6.45, 7) is 2.08. The van der Waals surface area contributed by atoms with Crippen molar-refractivity contribution >= 4 is 17.5 Å². The first kappa shape index (κ1) is 16.2. The van der Waals surface area contributed by atoms with Gasteiger partial charge >= 0.3 is 0 Å². The van der Waals surface area contributed by atoms with Gasteiger partial charge in [0.2, 0.25) is 5.91 Å². The Balaban J connectivity index is 1.97. The Morgan fingerprint density at radius 2 is 2.24 bits per heavy atom. The van der Waals surface area contributed by atoms with Gasteiger partial charge in [-0.1, -0.05) is 23.7 Å². The quantitative estimate of drug-likeness (QED) is 0.897. The molecule has 0 aromatic heterocycles. The molecule has 2 N–H and O–H groups in total. The Bertz CT molecular complexity index is 466. The second kappa shape index (κ2) is 7.75. The van der Waals surface area contributed by atoms with Gasteiger partial charge in [-0.25, -0.2) is 0 Å². The number of benzene rings is 1. The summed E-state index contributed by atoms with van der Waals surface area (Å²) in [5, 5.41) is 0.684. The Morgan fingerprint density at radius 1 is 1.52 bits per heavy atom. The molecule has 1 saturated heterocycles. The number of methoxy groups -OCH3 is 1. The molecule has 0 aliphatic carbocycles. The first-order valence-corrected chi connectivity index (χ1v) is 7.40. The lowest BCUT2D eigenvalue weighted by molar-refractivity contribution is -0.140. The summed E-state index contributed by atoms with van der Waals surface area (Å²) in [6.07, 6.45) is 0.396. The summed E-state index contributed by atoms with van der Waals surface area (Å²) in [6, 6.07) is 6.97. The van der Waals surface area contributed by atoms with Crippen LogP contribution in [0.4, 0.5) is 0 Å². The van der Waals surface area contributed by atoms with Crippen molar-refractivity contribution in [2.45, 2.75) is 18.6 Å². The second-order valence-electron chi connectivity index (χ2n) is 5.08. The SMILES string of the molecule is COCCC(N)C(=O)N1CCOC(c2ccc(Cl)cc2)C1. The van der Waals surface area contributed by atoms with E-state index in [1.807, 2.05) is 24.3 Å². The summed E-state index contributed by atoms with van der Waals surface area (Å²) in [7, 11) is 1.60. The van der Waals surface area contributed by atoms with Gasteiger partial charge in [-0.2, -0.15) is 0 Å². The molecule has 21 heavy (non-hydrogen) atoms. The van der Waals surface area contributed by atoms with Crippen molar-refractivity contribution in [2.75, 3.05) is 33.4 Å². The second-order valence-corrected chi connectivity index (χ2v) is 5.52. The van der Waals surface area contributed by atoms with Crippen molar-refractivity contribution in [3.05, 3.63) is 34.9 Å². The van der Waals surface area contributed by atoms with E-state index >= 15 is 0 Å². The molecule has 1 fully saturated rings. The van der Waals surface area contributed by atoms with Crippen molar-refractivity contribution in [1.82, 2.24) is 4.90 Å². The number of ether oxygens (including phenoxy) is 2. The Hall–Kier alpha value is -1.14. The third kappa shape index (κ3) is 4.41. The Labute approximate surface area is 130 Å². The van der Waals surface area contributed by atoms with Gasteiger partial charge in [0.15, 0.2) is 0 Å². The summed E-state index contributed by atoms with van der Waals surface area (Å²) >= 11 is 5.89. The van der Waals surface area contributed by atoms with Crippen LogP contribution in [0, 0.1) is 0 Å². The number of hydrogen-bond donors (Lipinski definition) is 1. The van der Waals surface area contributed by atoms with E-state index in [9.17, 15) is 4.79 Å². The molecule has 0 spiro atoms. The van der Waals surface area contributed by atoms with Crippen molar-refractivity contribution in [1.29, 1.82) is 0 Å². The van der Waals surface area contributed by atoms with Gasteiger partial charge in [-0.05, 0) is 24.1 Å². The van der Waals surface area contributed by atoms with E-state index < -0.39 is 6.04 Å². The first-order valence-electron chi connectivity index (χ1n) is 7.02. The Kier molecular flexibility index (Phi) is 5.99. The first-order chi connectivity index (χ1) is 10.1. The molecule has 1 heterocycles. The van der Waals surface area contributed by atoms with Crippen molar-refractivity contribution in [3.63, 3.8) is 0 Å². The fraction of sp³-hybridized carbons (Fsp3) is 0.533. The molecule has 1 amide bonds. The van der Waals surface area contributed by atoms with Crippen LogP contribution in [0.25, 0.3) is 0 Å². The zero-order chi connectivity index (χ0) is 15.2.